The van der Waals surface area contributed by atoms with E-state index >= 15 is 0 Å². The molecule has 2 heterocycles. The maximum Gasteiger partial charge on any atom is 0.306 e. The van der Waals surface area contributed by atoms with Crippen LogP contribution in [0, 0.1) is 11.8 Å². The molecular weight excluding hydrogens is 784 g/mol. The number of amides is 3. The predicted molar refractivity (Wildman–Crippen MR) is 217 cm³/mol. The topological polar surface area (TPSA) is 309 Å². The van der Waals surface area contributed by atoms with E-state index in [9.17, 15) is 49.8 Å². The zero-order valence-electron chi connectivity index (χ0n) is 34.8. The van der Waals surface area contributed by atoms with Crippen molar-refractivity contribution in [1.82, 2.24) is 15.5 Å². The number of benzene rings is 1. The van der Waals surface area contributed by atoms with Gasteiger partial charge < -0.3 is 71.9 Å². The Labute approximate surface area is 350 Å². The monoisotopic (exact) mass is 850 g/mol. The molecule has 1 aromatic carbocycles. The van der Waals surface area contributed by atoms with Gasteiger partial charge in [-0.15, -0.1) is 0 Å². The third-order valence-electron chi connectivity index (χ3n) is 11.3. The molecule has 3 aliphatic rings. The fourth-order valence-corrected chi connectivity index (χ4v) is 8.19. The van der Waals surface area contributed by atoms with Gasteiger partial charge in [0.1, 0.15) is 54.5 Å². The number of phenols is 1. The molecule has 2 saturated heterocycles. The molecule has 12 N–H and O–H groups in total. The van der Waals surface area contributed by atoms with Crippen LogP contribution in [0.15, 0.2) is 29.3 Å². The third kappa shape index (κ3) is 13.4. The second-order valence-electron chi connectivity index (χ2n) is 16.5. The molecule has 0 radical (unpaired) electrons. The van der Waals surface area contributed by atoms with Crippen LogP contribution in [-0.4, -0.2) is 152 Å². The number of fused-ring (bicyclic) bond motifs is 1. The summed E-state index contributed by atoms with van der Waals surface area (Å²) in [6.07, 6.45) is -7.62. The number of aliphatic hydroxyl groups is 5. The summed E-state index contributed by atoms with van der Waals surface area (Å²) >= 11 is 0. The molecule has 338 valence electrons. The maximum absolute atomic E-state index is 14.9. The molecule has 1 saturated carbocycles. The summed E-state index contributed by atoms with van der Waals surface area (Å²) in [5.74, 6) is -2.84. The van der Waals surface area contributed by atoms with Crippen LogP contribution in [0.5, 0.6) is 5.75 Å². The van der Waals surface area contributed by atoms with Crippen molar-refractivity contribution in [2.75, 3.05) is 19.7 Å². The molecule has 12 atom stereocenters. The van der Waals surface area contributed by atoms with Crippen molar-refractivity contribution in [3.05, 3.63) is 29.8 Å². The highest BCUT2D eigenvalue weighted by atomic mass is 16.7. The average Bonchev–Trinajstić information content (AvgIpc) is 3.57. The Bertz CT molecular complexity index is 1580. The molecule has 0 aromatic heterocycles. The predicted octanol–water partition coefficient (Wildman–Crippen LogP) is -0.947. The van der Waals surface area contributed by atoms with Crippen molar-refractivity contribution in [2.45, 2.75) is 159 Å². The number of aliphatic hydroxyl groups excluding tert-OH is 5. The number of phenolic OH excluding ortho intramolecular Hbond substituents is 1. The molecule has 4 rings (SSSR count). The average molecular weight is 851 g/mol. The van der Waals surface area contributed by atoms with E-state index in [0.29, 0.717) is 31.4 Å². The molecule has 1 aromatic rings. The van der Waals surface area contributed by atoms with E-state index in [1.807, 2.05) is 20.8 Å². The first-order valence-electron chi connectivity index (χ1n) is 21.1. The van der Waals surface area contributed by atoms with E-state index in [-0.39, 0.29) is 62.7 Å². The van der Waals surface area contributed by atoms with Crippen LogP contribution in [0.1, 0.15) is 90.5 Å². The molecule has 60 heavy (non-hydrogen) atoms. The summed E-state index contributed by atoms with van der Waals surface area (Å²) in [5.41, 5.74) is 11.4. The summed E-state index contributed by atoms with van der Waals surface area (Å²) in [5, 5.41) is 67.9. The molecule has 19 nitrogen and oxygen atoms in total. The van der Waals surface area contributed by atoms with E-state index in [4.69, 9.17) is 25.7 Å². The minimum absolute atomic E-state index is 0.0214. The van der Waals surface area contributed by atoms with E-state index in [1.165, 1.54) is 17.0 Å². The number of aromatic hydroxyl groups is 1. The van der Waals surface area contributed by atoms with Crippen LogP contribution in [0.25, 0.3) is 0 Å². The van der Waals surface area contributed by atoms with E-state index in [1.54, 1.807) is 12.1 Å². The van der Waals surface area contributed by atoms with Gasteiger partial charge in [0.25, 0.3) is 0 Å². The number of guanidine groups is 1. The van der Waals surface area contributed by atoms with Crippen molar-refractivity contribution >= 4 is 29.7 Å². The number of nitrogens with one attached hydrogen (secondary N) is 2. The lowest BCUT2D eigenvalue weighted by molar-refractivity contribution is -0.320. The molecular formula is C41H66N6O13. The zero-order valence-corrected chi connectivity index (χ0v) is 34.8. The van der Waals surface area contributed by atoms with Crippen molar-refractivity contribution < 1.29 is 64.0 Å². The molecule has 19 heteroatoms. The number of aliphatic imine (C=N–C) groups is 1. The SMILES string of the molecule is CCCCCC(=O)O[C@H]1C[C@H]2C[C@@H](C(=O)NCCCCN=C(N)N)N(C(=O)[C@H](CC(C)C)NC(=O)[C@@H](O)Cc3ccc(O)cc3)[C@H]2C[C@H]1O[C@@H]1O[C@@H](CO)[C@H](O)[C@H](O)[C@H]1O. The number of nitrogens with zero attached hydrogens (tertiary/aromatic N) is 2. The van der Waals surface area contributed by atoms with Crippen molar-refractivity contribution in [3.8, 4) is 5.75 Å². The highest BCUT2D eigenvalue weighted by Gasteiger charge is 2.55. The van der Waals surface area contributed by atoms with Crippen molar-refractivity contribution in [2.24, 2.45) is 28.3 Å². The van der Waals surface area contributed by atoms with Gasteiger partial charge in [0.2, 0.25) is 17.7 Å². The number of hydrogen-bond donors (Lipinski definition) is 10. The number of ether oxygens (including phenoxy) is 3. The van der Waals surface area contributed by atoms with Crippen LogP contribution < -0.4 is 22.1 Å². The second kappa shape index (κ2) is 23.2. The number of carbonyl (C=O) groups is 4. The Kier molecular flexibility index (Phi) is 18.8. The van der Waals surface area contributed by atoms with Gasteiger partial charge in [-0.25, -0.2) is 0 Å². The molecule has 3 amide bonds. The number of nitrogens with two attached hydrogens (primary N) is 2. The Hall–Kier alpha value is -4.11. The van der Waals surface area contributed by atoms with E-state index < -0.39 is 103 Å². The Morgan fingerprint density at radius 2 is 1.68 bits per heavy atom. The second-order valence-corrected chi connectivity index (χ2v) is 16.5. The van der Waals surface area contributed by atoms with Gasteiger partial charge in [-0.3, -0.25) is 24.2 Å². The standard InChI is InChI=1S/C41H66N6O13/c1-4-5-6-9-33(51)58-30-19-24-18-28(37(55)44-14-7-8-15-45-41(42)43)47(27(24)20-31(30)59-40-36(54)35(53)34(52)32(21-48)60-40)39(57)26(16-22(2)3)46-38(56)29(50)17-23-10-12-25(49)13-11-23/h10-13,22,24,26-32,34-36,40,48-50,52-54H,4-9,14-21H2,1-3H3,(H,44,55)(H,46,56)(H4,42,43,45)/t24-,26+,27+,28+,29+,30+,31-,32+,34+,35+,36-,40-/m1/s1. The van der Waals surface area contributed by atoms with Gasteiger partial charge in [0, 0.05) is 32.0 Å². The molecule has 0 unspecified atom stereocenters. The first-order valence-corrected chi connectivity index (χ1v) is 21.1. The number of rotatable bonds is 21. The quantitative estimate of drug-likeness (QED) is 0.0309. The first kappa shape index (κ1) is 48.6. The normalized spacial score (nSPS) is 28.6. The summed E-state index contributed by atoms with van der Waals surface area (Å²) in [6, 6.07) is 3.09. The van der Waals surface area contributed by atoms with Gasteiger partial charge in [-0.1, -0.05) is 45.7 Å². The highest BCUT2D eigenvalue weighted by molar-refractivity contribution is 5.93. The summed E-state index contributed by atoms with van der Waals surface area (Å²) in [6.45, 7) is 5.64. The minimum atomic E-state index is -1.76. The lowest BCUT2D eigenvalue weighted by atomic mass is 9.80. The molecule has 2 aliphatic heterocycles. The number of likely N-dealkylation sites (tertiary alicyclic amines) is 1. The van der Waals surface area contributed by atoms with Crippen molar-refractivity contribution in [1.29, 1.82) is 0 Å². The molecule has 3 fully saturated rings. The van der Waals surface area contributed by atoms with Crippen molar-refractivity contribution in [3.63, 3.8) is 0 Å². The lowest BCUT2D eigenvalue weighted by Crippen LogP contribution is -2.61. The zero-order chi connectivity index (χ0) is 44.1. The van der Waals surface area contributed by atoms with Crippen LogP contribution in [0.4, 0.5) is 0 Å². The number of carbonyl (C=O) groups excluding carboxylic acids is 4. The highest BCUT2D eigenvalue weighted by Crippen LogP contribution is 2.43. The fourth-order valence-electron chi connectivity index (χ4n) is 8.19. The first-order chi connectivity index (χ1) is 28.5. The lowest BCUT2D eigenvalue weighted by Gasteiger charge is -2.45. The summed E-state index contributed by atoms with van der Waals surface area (Å²) < 4.78 is 17.9. The van der Waals surface area contributed by atoms with Gasteiger partial charge in [-0.05, 0) is 74.5 Å². The maximum atomic E-state index is 14.9. The Balaban J connectivity index is 1.65. The Morgan fingerprint density at radius 1 is 0.967 bits per heavy atom. The van der Waals surface area contributed by atoms with Crippen LogP contribution in [0.3, 0.4) is 0 Å². The van der Waals surface area contributed by atoms with E-state index in [2.05, 4.69) is 15.6 Å². The fraction of sp³-hybridized carbons (Fsp3) is 0.732. The number of hydrogen-bond acceptors (Lipinski definition) is 14. The third-order valence-corrected chi connectivity index (χ3v) is 11.3. The number of unbranched alkanes of at least 4 members (excludes halogenated alkanes) is 3. The van der Waals surface area contributed by atoms with Crippen LogP contribution >= 0.6 is 0 Å². The van der Waals surface area contributed by atoms with Gasteiger partial charge in [0.15, 0.2) is 12.2 Å². The molecule has 0 bridgehead atoms. The van der Waals surface area contributed by atoms with E-state index in [0.717, 1.165) is 12.8 Å². The van der Waals surface area contributed by atoms with Gasteiger partial charge in [-0.2, -0.15) is 0 Å². The largest absolute Gasteiger partial charge is 0.508 e. The van der Waals surface area contributed by atoms with Gasteiger partial charge in [0.05, 0.1) is 12.7 Å². The minimum Gasteiger partial charge on any atom is -0.508 e. The molecule has 0 spiro atoms. The van der Waals surface area contributed by atoms with Crippen LogP contribution in [0.2, 0.25) is 0 Å². The van der Waals surface area contributed by atoms with Gasteiger partial charge >= 0.3 is 5.97 Å². The smallest absolute Gasteiger partial charge is 0.306 e. The Morgan fingerprint density at radius 3 is 2.33 bits per heavy atom. The number of esters is 1. The summed E-state index contributed by atoms with van der Waals surface area (Å²) in [7, 11) is 0. The summed E-state index contributed by atoms with van der Waals surface area (Å²) in [4.78, 5) is 61.0. The molecule has 1 aliphatic carbocycles. The van der Waals surface area contributed by atoms with Crippen LogP contribution in [-0.2, 0) is 39.8 Å².